The van der Waals surface area contributed by atoms with Gasteiger partial charge in [-0.3, -0.25) is 10.5 Å². The van der Waals surface area contributed by atoms with Gasteiger partial charge in [0.1, 0.15) is 4.90 Å². The monoisotopic (exact) mass is 190 g/mol. The smallest absolute Gasteiger partial charge is 0.256 e. The van der Waals surface area contributed by atoms with Crippen LogP contribution in [0.1, 0.15) is 6.92 Å². The van der Waals surface area contributed by atoms with Gasteiger partial charge in [-0.05, 0) is 6.92 Å². The Bertz CT molecular complexity index is 355. The lowest BCUT2D eigenvalue weighted by atomic mass is 10.7. The Morgan fingerprint density at radius 2 is 2.42 bits per heavy atom. The zero-order chi connectivity index (χ0) is 9.19. The van der Waals surface area contributed by atoms with Gasteiger partial charge in [0.15, 0.2) is 0 Å². The van der Waals surface area contributed by atoms with Crippen LogP contribution in [-0.4, -0.2) is 18.2 Å². The van der Waals surface area contributed by atoms with Crippen molar-refractivity contribution in [3.8, 4) is 0 Å². The molecule has 0 saturated carbocycles. The van der Waals surface area contributed by atoms with E-state index in [-0.39, 0.29) is 4.90 Å². The van der Waals surface area contributed by atoms with Crippen LogP contribution < -0.4 is 10.7 Å². The number of hydrogen-bond acceptors (Lipinski definition) is 4. The number of nitrogens with one attached hydrogen (secondary N) is 1. The summed E-state index contributed by atoms with van der Waals surface area (Å²) in [4.78, 5) is 1.79. The predicted molar refractivity (Wildman–Crippen MR) is 42.4 cm³/mol. The summed E-state index contributed by atoms with van der Waals surface area (Å²) < 4.78 is 23.6. The molecule has 0 bridgehead atoms. The van der Waals surface area contributed by atoms with Crippen molar-refractivity contribution in [3.05, 3.63) is 12.4 Å². The maximum absolute atomic E-state index is 11.0. The fourth-order valence-corrected chi connectivity index (χ4v) is 1.31. The van der Waals surface area contributed by atoms with Crippen molar-refractivity contribution in [1.82, 2.24) is 14.6 Å². The summed E-state index contributed by atoms with van der Waals surface area (Å²) in [5.41, 5.74) is 0. The first-order chi connectivity index (χ1) is 5.60. The van der Waals surface area contributed by atoms with Crippen molar-refractivity contribution < 1.29 is 8.42 Å². The number of rotatable bonds is 3. The fourth-order valence-electron chi connectivity index (χ4n) is 0.724. The number of hydrazine groups is 1. The van der Waals surface area contributed by atoms with Gasteiger partial charge in [-0.2, -0.15) is 5.10 Å². The van der Waals surface area contributed by atoms with Gasteiger partial charge >= 0.3 is 0 Å². The average Bonchev–Trinajstić information content (AvgIpc) is 2.52. The topological polar surface area (TPSA) is 90.0 Å². The second-order valence-electron chi connectivity index (χ2n) is 2.15. The molecule has 7 heteroatoms. The van der Waals surface area contributed by atoms with E-state index in [1.165, 1.54) is 17.1 Å². The van der Waals surface area contributed by atoms with Crippen LogP contribution in [0.5, 0.6) is 0 Å². The van der Waals surface area contributed by atoms with Crippen molar-refractivity contribution >= 4 is 10.0 Å². The Balaban J connectivity index is 3.05. The van der Waals surface area contributed by atoms with Crippen LogP contribution in [0, 0.1) is 0 Å². The molecule has 0 unspecified atom stereocenters. The molecular weight excluding hydrogens is 180 g/mol. The van der Waals surface area contributed by atoms with E-state index in [1.54, 1.807) is 4.83 Å². The Hall–Kier alpha value is -0.920. The number of aromatic nitrogens is 2. The van der Waals surface area contributed by atoms with E-state index in [9.17, 15) is 8.42 Å². The highest BCUT2D eigenvalue weighted by Gasteiger charge is 2.13. The number of aryl methyl sites for hydroxylation is 1. The molecule has 6 nitrogen and oxygen atoms in total. The van der Waals surface area contributed by atoms with Crippen molar-refractivity contribution in [1.29, 1.82) is 0 Å². The van der Waals surface area contributed by atoms with Crippen molar-refractivity contribution in [2.75, 3.05) is 0 Å². The minimum atomic E-state index is -3.54. The molecule has 0 radical (unpaired) electrons. The minimum absolute atomic E-state index is 0.0758. The molecule has 0 aliphatic heterocycles. The highest BCUT2D eigenvalue weighted by atomic mass is 32.2. The lowest BCUT2D eigenvalue weighted by molar-refractivity contribution is 0.583. The standard InChI is InChI=1S/C5H10N4O2S/c1-2-9-4-5(3-7-9)12(10,11)8-6/h3-4,8H,2,6H2,1H3. The highest BCUT2D eigenvalue weighted by Crippen LogP contribution is 2.04. The molecule has 0 spiro atoms. The average molecular weight is 190 g/mol. The van der Waals surface area contributed by atoms with Crippen molar-refractivity contribution in [2.45, 2.75) is 18.4 Å². The second kappa shape index (κ2) is 3.21. The molecule has 0 aliphatic rings. The maximum atomic E-state index is 11.0. The third kappa shape index (κ3) is 1.63. The summed E-state index contributed by atoms with van der Waals surface area (Å²) in [5.74, 6) is 4.81. The van der Waals surface area contributed by atoms with Crippen molar-refractivity contribution in [2.24, 2.45) is 5.84 Å². The first kappa shape index (κ1) is 9.17. The summed E-state index contributed by atoms with van der Waals surface area (Å²) in [6.45, 7) is 2.49. The highest BCUT2D eigenvalue weighted by molar-refractivity contribution is 7.89. The largest absolute Gasteiger partial charge is 0.272 e. The van der Waals surface area contributed by atoms with E-state index < -0.39 is 10.0 Å². The van der Waals surface area contributed by atoms with Crippen LogP contribution in [0.15, 0.2) is 17.3 Å². The maximum Gasteiger partial charge on any atom is 0.256 e. The molecule has 1 aromatic rings. The molecule has 1 heterocycles. The van der Waals surface area contributed by atoms with Gasteiger partial charge in [0, 0.05) is 12.7 Å². The SMILES string of the molecule is CCn1cc(S(=O)(=O)NN)cn1. The zero-order valence-corrected chi connectivity index (χ0v) is 7.37. The van der Waals surface area contributed by atoms with E-state index in [4.69, 9.17) is 5.84 Å². The van der Waals surface area contributed by atoms with E-state index in [0.717, 1.165) is 0 Å². The second-order valence-corrected chi connectivity index (χ2v) is 3.87. The summed E-state index contributed by atoms with van der Waals surface area (Å²) in [5, 5.41) is 3.79. The molecule has 0 saturated heterocycles. The zero-order valence-electron chi connectivity index (χ0n) is 6.56. The summed E-state index contributed by atoms with van der Waals surface area (Å²) in [6, 6.07) is 0. The van der Waals surface area contributed by atoms with Gasteiger partial charge in [-0.1, -0.05) is 0 Å². The number of nitrogens with two attached hydrogens (primary N) is 1. The normalized spacial score (nSPS) is 11.8. The molecule has 68 valence electrons. The van der Waals surface area contributed by atoms with E-state index in [1.807, 2.05) is 6.92 Å². The Morgan fingerprint density at radius 1 is 1.75 bits per heavy atom. The molecule has 0 fully saturated rings. The lowest BCUT2D eigenvalue weighted by Crippen LogP contribution is -2.29. The predicted octanol–water partition coefficient (Wildman–Crippen LogP) is -0.945. The first-order valence-electron chi connectivity index (χ1n) is 3.35. The third-order valence-corrected chi connectivity index (χ3v) is 2.54. The number of hydrogen-bond donors (Lipinski definition) is 2. The molecular formula is C5H10N4O2S. The van der Waals surface area contributed by atoms with E-state index in [2.05, 4.69) is 5.10 Å². The van der Waals surface area contributed by atoms with Crippen LogP contribution in [0.4, 0.5) is 0 Å². The molecule has 1 rings (SSSR count). The number of sulfonamides is 1. The molecule has 12 heavy (non-hydrogen) atoms. The van der Waals surface area contributed by atoms with Crippen LogP contribution in [0.25, 0.3) is 0 Å². The Labute approximate surface area is 70.4 Å². The number of nitrogens with zero attached hydrogens (tertiary/aromatic N) is 2. The fraction of sp³-hybridized carbons (Fsp3) is 0.400. The van der Waals surface area contributed by atoms with Crippen molar-refractivity contribution in [3.63, 3.8) is 0 Å². The summed E-state index contributed by atoms with van der Waals surface area (Å²) in [7, 11) is -3.54. The lowest BCUT2D eigenvalue weighted by Gasteiger charge is -1.95. The van der Waals surface area contributed by atoms with Gasteiger partial charge in [-0.25, -0.2) is 8.42 Å². The molecule has 0 aromatic carbocycles. The van der Waals surface area contributed by atoms with Crippen LogP contribution in [0.3, 0.4) is 0 Å². The van der Waals surface area contributed by atoms with Gasteiger partial charge in [0.05, 0.1) is 6.20 Å². The molecule has 3 N–H and O–H groups in total. The Kier molecular flexibility index (Phi) is 2.46. The molecule has 0 amide bonds. The Morgan fingerprint density at radius 3 is 2.83 bits per heavy atom. The van der Waals surface area contributed by atoms with E-state index in [0.29, 0.717) is 6.54 Å². The van der Waals surface area contributed by atoms with Crippen LogP contribution >= 0.6 is 0 Å². The van der Waals surface area contributed by atoms with Gasteiger partial charge < -0.3 is 0 Å². The molecule has 0 aliphatic carbocycles. The van der Waals surface area contributed by atoms with Crippen LogP contribution in [-0.2, 0) is 16.6 Å². The van der Waals surface area contributed by atoms with Crippen LogP contribution in [0.2, 0.25) is 0 Å². The van der Waals surface area contributed by atoms with Gasteiger partial charge in [0.25, 0.3) is 10.0 Å². The van der Waals surface area contributed by atoms with E-state index >= 15 is 0 Å². The quantitative estimate of drug-likeness (QED) is 0.475. The summed E-state index contributed by atoms with van der Waals surface area (Å²) in [6.07, 6.45) is 2.66. The van der Waals surface area contributed by atoms with Gasteiger partial charge in [0.2, 0.25) is 0 Å². The molecule has 0 atom stereocenters. The third-order valence-electron chi connectivity index (χ3n) is 1.40. The first-order valence-corrected chi connectivity index (χ1v) is 4.83. The minimum Gasteiger partial charge on any atom is -0.272 e. The van der Waals surface area contributed by atoms with Gasteiger partial charge in [-0.15, -0.1) is 4.83 Å². The molecule has 1 aromatic heterocycles. The summed E-state index contributed by atoms with van der Waals surface area (Å²) >= 11 is 0.